The molecule has 116 valence electrons. The number of carboxylic acids is 1. The van der Waals surface area contributed by atoms with Crippen molar-refractivity contribution in [2.24, 2.45) is 0 Å². The minimum Gasteiger partial charge on any atom is -0.478 e. The number of carbonyl (C=O) groups excluding carboxylic acids is 1. The van der Waals surface area contributed by atoms with Crippen molar-refractivity contribution in [3.05, 3.63) is 29.6 Å². The van der Waals surface area contributed by atoms with E-state index in [4.69, 9.17) is 9.84 Å². The van der Waals surface area contributed by atoms with Gasteiger partial charge >= 0.3 is 12.0 Å². The van der Waals surface area contributed by atoms with E-state index in [-0.39, 0.29) is 17.4 Å². The average Bonchev–Trinajstić information content (AvgIpc) is 2.40. The standard InChI is InChI=1S/C14H19FN2O4/c1-9(2)21-7-6-17(3)14(20)16-12-5-4-10(13(18)19)8-11(12)15/h4-5,8-9H,6-7H2,1-3H3,(H,16,20)(H,18,19). The van der Waals surface area contributed by atoms with Crippen LogP contribution in [0.5, 0.6) is 0 Å². The maximum atomic E-state index is 13.7. The van der Waals surface area contributed by atoms with E-state index in [0.717, 1.165) is 6.07 Å². The highest BCUT2D eigenvalue weighted by atomic mass is 19.1. The van der Waals surface area contributed by atoms with Crippen LogP contribution < -0.4 is 5.32 Å². The fourth-order valence-corrected chi connectivity index (χ4v) is 1.49. The van der Waals surface area contributed by atoms with Crippen molar-refractivity contribution in [3.8, 4) is 0 Å². The molecule has 0 saturated carbocycles. The molecule has 21 heavy (non-hydrogen) atoms. The maximum absolute atomic E-state index is 13.7. The number of amides is 2. The number of likely N-dealkylation sites (N-methyl/N-ethyl adjacent to an activating group) is 1. The van der Waals surface area contributed by atoms with Gasteiger partial charge in [0.25, 0.3) is 0 Å². The predicted octanol–water partition coefficient (Wildman–Crippen LogP) is 2.41. The second-order valence-electron chi connectivity index (χ2n) is 4.77. The van der Waals surface area contributed by atoms with Crippen molar-refractivity contribution in [1.82, 2.24) is 4.90 Å². The Bertz CT molecular complexity index is 520. The molecule has 2 amide bonds. The van der Waals surface area contributed by atoms with Gasteiger partial charge < -0.3 is 20.1 Å². The van der Waals surface area contributed by atoms with Crippen LogP contribution in [0.25, 0.3) is 0 Å². The summed E-state index contributed by atoms with van der Waals surface area (Å²) in [6.45, 7) is 4.51. The Labute approximate surface area is 122 Å². The van der Waals surface area contributed by atoms with Crippen LogP contribution in [0.1, 0.15) is 24.2 Å². The molecule has 0 heterocycles. The summed E-state index contributed by atoms with van der Waals surface area (Å²) in [6.07, 6.45) is 0.0717. The molecule has 7 heteroatoms. The SMILES string of the molecule is CC(C)OCCN(C)C(=O)Nc1ccc(C(=O)O)cc1F. The number of nitrogens with one attached hydrogen (secondary N) is 1. The monoisotopic (exact) mass is 298 g/mol. The molecule has 0 aliphatic heterocycles. The second-order valence-corrected chi connectivity index (χ2v) is 4.77. The number of hydrogen-bond acceptors (Lipinski definition) is 3. The molecule has 0 fully saturated rings. The van der Waals surface area contributed by atoms with Crippen molar-refractivity contribution >= 4 is 17.7 Å². The van der Waals surface area contributed by atoms with E-state index in [1.807, 2.05) is 13.8 Å². The van der Waals surface area contributed by atoms with Gasteiger partial charge in [-0.3, -0.25) is 0 Å². The molecule has 0 bridgehead atoms. The lowest BCUT2D eigenvalue weighted by atomic mass is 10.2. The molecule has 2 N–H and O–H groups in total. The van der Waals surface area contributed by atoms with Gasteiger partial charge in [0.05, 0.1) is 24.0 Å². The number of ether oxygens (including phenoxy) is 1. The van der Waals surface area contributed by atoms with Gasteiger partial charge in [0.2, 0.25) is 0 Å². The van der Waals surface area contributed by atoms with Crippen LogP contribution in [-0.2, 0) is 4.74 Å². The Morgan fingerprint density at radius 2 is 2.10 bits per heavy atom. The first-order valence-corrected chi connectivity index (χ1v) is 6.47. The molecule has 0 aromatic heterocycles. The number of nitrogens with zero attached hydrogens (tertiary/aromatic N) is 1. The molecule has 0 unspecified atom stereocenters. The molecule has 0 saturated heterocycles. The fraction of sp³-hybridized carbons (Fsp3) is 0.429. The zero-order chi connectivity index (χ0) is 16.0. The van der Waals surface area contributed by atoms with Crippen molar-refractivity contribution < 1.29 is 23.8 Å². The molecule has 1 aromatic carbocycles. The number of carbonyl (C=O) groups is 2. The lowest BCUT2D eigenvalue weighted by Crippen LogP contribution is -2.34. The summed E-state index contributed by atoms with van der Waals surface area (Å²) in [5, 5.41) is 11.1. The van der Waals surface area contributed by atoms with Gasteiger partial charge in [0.1, 0.15) is 5.82 Å². The van der Waals surface area contributed by atoms with Gasteiger partial charge in [0, 0.05) is 13.6 Å². The predicted molar refractivity (Wildman–Crippen MR) is 76.1 cm³/mol. The van der Waals surface area contributed by atoms with Crippen LogP contribution in [0.4, 0.5) is 14.9 Å². The van der Waals surface area contributed by atoms with E-state index < -0.39 is 17.8 Å². The van der Waals surface area contributed by atoms with Crippen LogP contribution in [0.2, 0.25) is 0 Å². The summed E-state index contributed by atoms with van der Waals surface area (Å²) in [4.78, 5) is 23.9. The molecule has 0 spiro atoms. The van der Waals surface area contributed by atoms with E-state index in [1.54, 1.807) is 7.05 Å². The zero-order valence-electron chi connectivity index (χ0n) is 12.2. The van der Waals surface area contributed by atoms with E-state index in [0.29, 0.717) is 13.2 Å². The molecule has 6 nitrogen and oxygen atoms in total. The lowest BCUT2D eigenvalue weighted by Gasteiger charge is -2.19. The number of aromatic carboxylic acids is 1. The Morgan fingerprint density at radius 1 is 1.43 bits per heavy atom. The smallest absolute Gasteiger partial charge is 0.335 e. The van der Waals surface area contributed by atoms with Crippen LogP contribution in [0.15, 0.2) is 18.2 Å². The highest BCUT2D eigenvalue weighted by Gasteiger charge is 2.13. The third-order valence-corrected chi connectivity index (χ3v) is 2.68. The molecule has 0 radical (unpaired) electrons. The number of halogens is 1. The summed E-state index contributed by atoms with van der Waals surface area (Å²) in [5.41, 5.74) is -0.245. The van der Waals surface area contributed by atoms with Gasteiger partial charge in [-0.1, -0.05) is 0 Å². The van der Waals surface area contributed by atoms with Gasteiger partial charge in [-0.2, -0.15) is 0 Å². The van der Waals surface area contributed by atoms with Crippen molar-refractivity contribution in [2.75, 3.05) is 25.5 Å². The Kier molecular flexibility index (Phi) is 6.10. The van der Waals surface area contributed by atoms with Crippen LogP contribution in [0.3, 0.4) is 0 Å². The molecule has 0 aliphatic rings. The molecular weight excluding hydrogens is 279 g/mol. The number of urea groups is 1. The van der Waals surface area contributed by atoms with Gasteiger partial charge in [-0.05, 0) is 32.0 Å². The van der Waals surface area contributed by atoms with Crippen molar-refractivity contribution in [2.45, 2.75) is 20.0 Å². The van der Waals surface area contributed by atoms with Crippen molar-refractivity contribution in [1.29, 1.82) is 0 Å². The first-order valence-electron chi connectivity index (χ1n) is 6.47. The normalized spacial score (nSPS) is 10.5. The topological polar surface area (TPSA) is 78.9 Å². The maximum Gasteiger partial charge on any atom is 0.335 e. The quantitative estimate of drug-likeness (QED) is 0.845. The van der Waals surface area contributed by atoms with Crippen LogP contribution >= 0.6 is 0 Å². The number of benzene rings is 1. The molecule has 0 atom stereocenters. The zero-order valence-corrected chi connectivity index (χ0v) is 12.2. The highest BCUT2D eigenvalue weighted by molar-refractivity contribution is 5.91. The van der Waals surface area contributed by atoms with Crippen LogP contribution in [0, 0.1) is 5.82 Å². The lowest BCUT2D eigenvalue weighted by molar-refractivity contribution is 0.0689. The average molecular weight is 298 g/mol. The second kappa shape index (κ2) is 7.58. The van der Waals surface area contributed by atoms with Crippen LogP contribution in [-0.4, -0.2) is 48.3 Å². The van der Waals surface area contributed by atoms with E-state index >= 15 is 0 Å². The van der Waals surface area contributed by atoms with Gasteiger partial charge in [0.15, 0.2) is 0 Å². The first kappa shape index (κ1) is 16.9. The summed E-state index contributed by atoms with van der Waals surface area (Å²) in [6, 6.07) is 2.81. The summed E-state index contributed by atoms with van der Waals surface area (Å²) in [7, 11) is 1.56. The van der Waals surface area contributed by atoms with E-state index in [2.05, 4.69) is 5.32 Å². The molecule has 0 aliphatic carbocycles. The number of rotatable bonds is 6. The third kappa shape index (κ3) is 5.39. The summed E-state index contributed by atoms with van der Waals surface area (Å²) < 4.78 is 19.0. The Morgan fingerprint density at radius 3 is 2.62 bits per heavy atom. The molecule has 1 rings (SSSR count). The third-order valence-electron chi connectivity index (χ3n) is 2.68. The molecular formula is C14H19FN2O4. The fourth-order valence-electron chi connectivity index (χ4n) is 1.49. The largest absolute Gasteiger partial charge is 0.478 e. The van der Waals surface area contributed by atoms with E-state index in [9.17, 15) is 14.0 Å². The Balaban J connectivity index is 2.60. The first-order chi connectivity index (χ1) is 9.81. The summed E-state index contributed by atoms with van der Waals surface area (Å²) in [5.74, 6) is -2.02. The number of carboxylic acid groups (broad SMARTS) is 1. The minimum atomic E-state index is -1.23. The van der Waals surface area contributed by atoms with E-state index in [1.165, 1.54) is 17.0 Å². The highest BCUT2D eigenvalue weighted by Crippen LogP contribution is 2.16. The number of anilines is 1. The van der Waals surface area contributed by atoms with Crippen molar-refractivity contribution in [3.63, 3.8) is 0 Å². The minimum absolute atomic E-state index is 0.0679. The van der Waals surface area contributed by atoms with Gasteiger partial charge in [-0.25, -0.2) is 14.0 Å². The van der Waals surface area contributed by atoms with Gasteiger partial charge in [-0.15, -0.1) is 0 Å². The summed E-state index contributed by atoms with van der Waals surface area (Å²) >= 11 is 0. The Hall–Kier alpha value is -2.15. The number of hydrogen-bond donors (Lipinski definition) is 2. The molecule has 1 aromatic rings.